The number of nitro groups is 1. The summed E-state index contributed by atoms with van der Waals surface area (Å²) in [6, 6.07) is 25.9. The Bertz CT molecular complexity index is 1300. The molecule has 0 fully saturated rings. The maximum Gasteiger partial charge on any atom is 0.269 e. The lowest BCUT2D eigenvalue weighted by molar-refractivity contribution is -0.384. The number of hydrogen-bond donors (Lipinski definition) is 0. The Kier molecular flexibility index (Phi) is 7.38. The normalized spacial score (nSPS) is 12.8. The largest absolute Gasteiger partial charge is 0.314 e. The van der Waals surface area contributed by atoms with Crippen LogP contribution in [0.3, 0.4) is 0 Å². The Morgan fingerprint density at radius 1 is 0.941 bits per heavy atom. The average molecular weight is 472 g/mol. The van der Waals surface area contributed by atoms with Gasteiger partial charge in [-0.3, -0.25) is 10.1 Å². The van der Waals surface area contributed by atoms with Crippen LogP contribution >= 0.6 is 11.3 Å². The molecule has 6 heteroatoms. The first-order valence-corrected chi connectivity index (χ1v) is 12.4. The highest BCUT2D eigenvalue weighted by Crippen LogP contribution is 2.28. The molecule has 4 rings (SSSR count). The lowest BCUT2D eigenvalue weighted by atomic mass is 10.0. The monoisotopic (exact) mass is 471 g/mol. The summed E-state index contributed by atoms with van der Waals surface area (Å²) in [5, 5.41) is 13.2. The van der Waals surface area contributed by atoms with E-state index in [9.17, 15) is 10.1 Å². The van der Waals surface area contributed by atoms with E-state index in [1.807, 2.05) is 18.2 Å². The van der Waals surface area contributed by atoms with Crippen molar-refractivity contribution in [2.75, 3.05) is 0 Å². The first-order chi connectivity index (χ1) is 16.4. The van der Waals surface area contributed by atoms with E-state index in [2.05, 4.69) is 79.2 Å². The molecule has 174 valence electrons. The van der Waals surface area contributed by atoms with Crippen LogP contribution in [-0.4, -0.2) is 9.49 Å². The zero-order valence-corrected chi connectivity index (χ0v) is 20.5. The van der Waals surface area contributed by atoms with Gasteiger partial charge in [-0.05, 0) is 66.6 Å². The fourth-order valence-corrected chi connectivity index (χ4v) is 5.00. The van der Waals surface area contributed by atoms with Gasteiger partial charge in [0.2, 0.25) is 0 Å². The summed E-state index contributed by atoms with van der Waals surface area (Å²) in [5.74, 6) is 0.479. The first-order valence-electron chi connectivity index (χ1n) is 11.6. The van der Waals surface area contributed by atoms with Crippen LogP contribution in [0.5, 0.6) is 0 Å². The Morgan fingerprint density at radius 2 is 1.62 bits per heavy atom. The molecule has 34 heavy (non-hydrogen) atoms. The molecule has 5 nitrogen and oxygen atoms in total. The fraction of sp³-hybridized carbons (Fsp3) is 0.250. The molecule has 0 saturated carbocycles. The number of hydrogen-bond acceptors (Lipinski definition) is 4. The van der Waals surface area contributed by atoms with E-state index in [-0.39, 0.29) is 16.7 Å². The van der Waals surface area contributed by atoms with Gasteiger partial charge in [0, 0.05) is 23.6 Å². The number of non-ortho nitro benzene ring substituents is 1. The molecule has 1 atom stereocenters. The van der Waals surface area contributed by atoms with Crippen molar-refractivity contribution in [2.24, 2.45) is 4.99 Å². The van der Waals surface area contributed by atoms with E-state index in [0.29, 0.717) is 5.92 Å². The van der Waals surface area contributed by atoms with Crippen molar-refractivity contribution < 1.29 is 4.92 Å². The van der Waals surface area contributed by atoms with Crippen molar-refractivity contribution in [2.45, 2.75) is 45.6 Å². The van der Waals surface area contributed by atoms with Gasteiger partial charge in [0.05, 0.1) is 16.3 Å². The molecule has 0 aliphatic carbocycles. The lowest BCUT2D eigenvalue weighted by Gasteiger charge is -2.18. The predicted molar refractivity (Wildman–Crippen MR) is 140 cm³/mol. The molecule has 0 aliphatic heterocycles. The van der Waals surface area contributed by atoms with Gasteiger partial charge in [0.1, 0.15) is 0 Å². The van der Waals surface area contributed by atoms with E-state index in [1.165, 1.54) is 11.1 Å². The van der Waals surface area contributed by atoms with E-state index in [4.69, 9.17) is 4.99 Å². The maximum atomic E-state index is 11.1. The molecule has 1 heterocycles. The molecule has 0 amide bonds. The van der Waals surface area contributed by atoms with Crippen molar-refractivity contribution in [1.82, 2.24) is 4.57 Å². The summed E-state index contributed by atoms with van der Waals surface area (Å²) >= 11 is 1.60. The van der Waals surface area contributed by atoms with Crippen LogP contribution in [0.1, 0.15) is 50.3 Å². The summed E-state index contributed by atoms with van der Waals surface area (Å²) in [6.07, 6.45) is 1.92. The Morgan fingerprint density at radius 3 is 2.24 bits per heavy atom. The Labute approximate surface area is 204 Å². The van der Waals surface area contributed by atoms with Crippen molar-refractivity contribution in [3.63, 3.8) is 0 Å². The number of benzene rings is 3. The third-order valence-electron chi connectivity index (χ3n) is 6.03. The van der Waals surface area contributed by atoms with Crippen LogP contribution < -0.4 is 4.80 Å². The molecule has 0 radical (unpaired) electrons. The van der Waals surface area contributed by atoms with Crippen LogP contribution in [0.25, 0.3) is 11.3 Å². The highest BCUT2D eigenvalue weighted by molar-refractivity contribution is 7.07. The van der Waals surface area contributed by atoms with Gasteiger partial charge in [-0.25, -0.2) is 4.99 Å². The van der Waals surface area contributed by atoms with Crippen molar-refractivity contribution in [1.29, 1.82) is 0 Å². The SMILES string of the molecule is CC(C)c1ccc(N=c2scc(-c3ccc([N+](=O)[O-])cc3)n2C(C)CCc2ccccc2)cc1. The number of nitrogens with zero attached hydrogens (tertiary/aromatic N) is 3. The topological polar surface area (TPSA) is 60.4 Å². The molecular weight excluding hydrogens is 442 g/mol. The summed E-state index contributed by atoms with van der Waals surface area (Å²) in [6.45, 7) is 6.58. The number of aromatic nitrogens is 1. The fourth-order valence-electron chi connectivity index (χ4n) is 3.99. The smallest absolute Gasteiger partial charge is 0.269 e. The third-order valence-corrected chi connectivity index (χ3v) is 6.87. The van der Waals surface area contributed by atoms with Crippen molar-refractivity contribution in [3.05, 3.63) is 110 Å². The molecule has 0 aliphatic rings. The molecule has 0 bridgehead atoms. The number of rotatable bonds is 8. The van der Waals surface area contributed by atoms with Crippen LogP contribution in [0.15, 0.2) is 89.2 Å². The van der Waals surface area contributed by atoms with Crippen LogP contribution in [0, 0.1) is 10.1 Å². The number of thiazole rings is 1. The second-order valence-corrected chi connectivity index (χ2v) is 9.65. The van der Waals surface area contributed by atoms with Gasteiger partial charge in [-0.2, -0.15) is 0 Å². The van der Waals surface area contributed by atoms with Gasteiger partial charge >= 0.3 is 0 Å². The van der Waals surface area contributed by atoms with E-state index in [0.717, 1.165) is 34.6 Å². The molecule has 0 spiro atoms. The van der Waals surface area contributed by atoms with Gasteiger partial charge in [0.15, 0.2) is 4.80 Å². The minimum atomic E-state index is -0.366. The Hall–Kier alpha value is -3.51. The number of aryl methyl sites for hydroxylation is 1. The summed E-state index contributed by atoms with van der Waals surface area (Å²) in [7, 11) is 0. The van der Waals surface area contributed by atoms with E-state index in [1.54, 1.807) is 23.5 Å². The summed E-state index contributed by atoms with van der Waals surface area (Å²) in [4.78, 5) is 16.6. The minimum Gasteiger partial charge on any atom is -0.314 e. The highest BCUT2D eigenvalue weighted by Gasteiger charge is 2.16. The Balaban J connectivity index is 1.72. The number of nitro benzene ring substituents is 1. The second-order valence-electron chi connectivity index (χ2n) is 8.81. The summed E-state index contributed by atoms with van der Waals surface area (Å²) < 4.78 is 2.27. The molecule has 0 saturated heterocycles. The minimum absolute atomic E-state index is 0.0952. The predicted octanol–water partition coefficient (Wildman–Crippen LogP) is 7.67. The van der Waals surface area contributed by atoms with Crippen LogP contribution in [0.2, 0.25) is 0 Å². The van der Waals surface area contributed by atoms with Gasteiger partial charge in [-0.1, -0.05) is 56.3 Å². The van der Waals surface area contributed by atoms with Crippen molar-refractivity contribution in [3.8, 4) is 11.3 Å². The zero-order valence-electron chi connectivity index (χ0n) is 19.7. The van der Waals surface area contributed by atoms with Crippen molar-refractivity contribution >= 4 is 22.7 Å². The molecular formula is C28H29N3O2S. The molecule has 1 unspecified atom stereocenters. The van der Waals surface area contributed by atoms with Gasteiger partial charge < -0.3 is 4.57 Å². The highest BCUT2D eigenvalue weighted by atomic mass is 32.1. The third kappa shape index (κ3) is 5.51. The summed E-state index contributed by atoms with van der Waals surface area (Å²) in [5.41, 5.74) is 5.59. The van der Waals surface area contributed by atoms with Gasteiger partial charge in [0.25, 0.3) is 5.69 Å². The lowest BCUT2D eigenvalue weighted by Crippen LogP contribution is -2.20. The maximum absolute atomic E-state index is 11.1. The first kappa shape index (κ1) is 23.6. The molecule has 1 aromatic heterocycles. The van der Waals surface area contributed by atoms with Gasteiger partial charge in [-0.15, -0.1) is 11.3 Å². The molecule has 0 N–H and O–H groups in total. The second kappa shape index (κ2) is 10.6. The van der Waals surface area contributed by atoms with E-state index < -0.39 is 0 Å². The zero-order chi connectivity index (χ0) is 24.1. The quantitative estimate of drug-likeness (QED) is 0.195. The van der Waals surface area contributed by atoms with Crippen LogP contribution in [-0.2, 0) is 6.42 Å². The average Bonchev–Trinajstić information content (AvgIpc) is 3.27. The molecule has 4 aromatic rings. The van der Waals surface area contributed by atoms with E-state index >= 15 is 0 Å². The molecule has 3 aromatic carbocycles. The standard InChI is InChI=1S/C28H29N3O2S/c1-20(2)23-11-15-25(16-12-23)29-28-30(21(3)9-10-22-7-5-4-6-8-22)27(19-34-28)24-13-17-26(18-14-24)31(32)33/h4-8,11-21H,9-10H2,1-3H3. The van der Waals surface area contributed by atoms with Crippen LogP contribution in [0.4, 0.5) is 11.4 Å².